The summed E-state index contributed by atoms with van der Waals surface area (Å²) in [7, 11) is -1.37. The molecule has 5 aromatic rings. The first-order chi connectivity index (χ1) is 26.7. The zero-order chi connectivity index (χ0) is 41.4. The molecule has 0 aliphatic heterocycles. The molecule has 20 heteroatoms. The number of aryl methyl sites for hydroxylation is 1. The van der Waals surface area contributed by atoms with Crippen molar-refractivity contribution in [1.29, 1.82) is 0 Å². The molecule has 3 heterocycles. The summed E-state index contributed by atoms with van der Waals surface area (Å²) in [5, 5.41) is 21.3. The Morgan fingerprint density at radius 1 is 1.09 bits per heavy atom. The third kappa shape index (κ3) is 7.78. The van der Waals surface area contributed by atoms with Gasteiger partial charge in [0.1, 0.15) is 40.9 Å². The maximum atomic E-state index is 15.4. The second kappa shape index (κ2) is 14.3. The van der Waals surface area contributed by atoms with Gasteiger partial charge in [0.25, 0.3) is 22.6 Å². The van der Waals surface area contributed by atoms with E-state index in [1.54, 1.807) is 12.1 Å². The maximum absolute atomic E-state index is 15.4. The molecule has 0 bridgehead atoms. The molecule has 12 nitrogen and oxygen atoms in total. The molecule has 0 spiro atoms. The Balaban J connectivity index is 1.39. The van der Waals surface area contributed by atoms with E-state index in [1.165, 1.54) is 44.8 Å². The fraction of sp³-hybridized carbons (Fsp3) is 0.351. The molecule has 1 unspecified atom stereocenters. The third-order valence-corrected chi connectivity index (χ3v) is 11.0. The largest absolute Gasteiger partial charge is 0.378 e. The van der Waals surface area contributed by atoms with E-state index >= 15 is 8.78 Å². The van der Waals surface area contributed by atoms with E-state index < -0.39 is 81.5 Å². The normalized spacial score (nSPS) is 17.6. The van der Waals surface area contributed by atoms with E-state index in [2.05, 4.69) is 36.8 Å². The first-order valence-electron chi connectivity index (χ1n) is 17.3. The number of nitrogens with zero attached hydrogens (tertiary/aromatic N) is 5. The predicted octanol–water partition coefficient (Wildman–Crippen LogP) is 6.01. The van der Waals surface area contributed by atoms with Crippen molar-refractivity contribution in [2.75, 3.05) is 11.8 Å². The Hall–Kier alpha value is -5.16. The number of aliphatic hydroxyl groups is 1. The van der Waals surface area contributed by atoms with Gasteiger partial charge in [-0.15, -0.1) is 0 Å². The van der Waals surface area contributed by atoms with Gasteiger partial charge in [-0.05, 0) is 74.4 Å². The van der Waals surface area contributed by atoms with Crippen LogP contribution in [0, 0.1) is 29.4 Å². The molecule has 7 rings (SSSR count). The van der Waals surface area contributed by atoms with Crippen molar-refractivity contribution in [3.63, 3.8) is 0 Å². The number of amides is 1. The summed E-state index contributed by atoms with van der Waals surface area (Å²) in [5.74, 6) is -3.09. The quantitative estimate of drug-likeness (QED) is 0.0939. The minimum Gasteiger partial charge on any atom is -0.378 e. The number of fused-ring (bicyclic) bond motifs is 4. The lowest BCUT2D eigenvalue weighted by Crippen LogP contribution is -2.35. The summed E-state index contributed by atoms with van der Waals surface area (Å²) in [4.78, 5) is 18.6. The molecule has 1 amide bonds. The average Bonchev–Trinajstić information content (AvgIpc) is 3.65. The second-order valence-electron chi connectivity index (χ2n) is 14.3. The van der Waals surface area contributed by atoms with E-state index in [4.69, 9.17) is 16.6 Å². The molecule has 0 radical (unpaired) electrons. The van der Waals surface area contributed by atoms with Crippen LogP contribution >= 0.6 is 11.6 Å². The SMILES string of the molecule is CNS(=O)(=O)Nc1nn(C)c2c(-c3ccc(C#CC(C)(C)O)nc3[C@H](Cc3cc(F)cc(F)c3)NC(=O)Cn3nc(C(F)F)c4c3C(F)(F)[C@@H]3CC43)ccc(Cl)c12. The molecule has 300 valence electrons. The number of halogens is 7. The molecule has 2 aliphatic carbocycles. The fourth-order valence-corrected chi connectivity index (χ4v) is 7.98. The van der Waals surface area contributed by atoms with Crippen LogP contribution in [0.4, 0.5) is 32.2 Å². The van der Waals surface area contributed by atoms with Crippen molar-refractivity contribution in [2.24, 2.45) is 13.0 Å². The number of nitrogens with one attached hydrogen (secondary N) is 3. The van der Waals surface area contributed by atoms with Crippen LogP contribution in [-0.2, 0) is 40.9 Å². The Bertz CT molecular complexity index is 2610. The number of aromatic nitrogens is 5. The maximum Gasteiger partial charge on any atom is 0.300 e. The van der Waals surface area contributed by atoms with Gasteiger partial charge in [0.15, 0.2) is 5.82 Å². The molecule has 4 N–H and O–H groups in total. The van der Waals surface area contributed by atoms with Crippen LogP contribution in [0.1, 0.15) is 72.6 Å². The van der Waals surface area contributed by atoms with Gasteiger partial charge in [-0.3, -0.25) is 18.9 Å². The fourth-order valence-electron chi connectivity index (χ4n) is 7.23. The first kappa shape index (κ1) is 40.1. The first-order valence-corrected chi connectivity index (χ1v) is 19.2. The van der Waals surface area contributed by atoms with Crippen molar-refractivity contribution in [1.82, 2.24) is 34.6 Å². The Morgan fingerprint density at radius 3 is 2.42 bits per heavy atom. The number of alkyl halides is 4. The van der Waals surface area contributed by atoms with E-state index in [1.807, 2.05) is 0 Å². The van der Waals surface area contributed by atoms with Crippen LogP contribution in [0.3, 0.4) is 0 Å². The molecule has 3 atom stereocenters. The zero-order valence-electron chi connectivity index (χ0n) is 30.4. The van der Waals surface area contributed by atoms with E-state index in [-0.39, 0.29) is 62.7 Å². The lowest BCUT2D eigenvalue weighted by molar-refractivity contribution is -0.123. The predicted molar refractivity (Wildman–Crippen MR) is 197 cm³/mol. The van der Waals surface area contributed by atoms with Crippen molar-refractivity contribution in [3.8, 4) is 23.0 Å². The lowest BCUT2D eigenvalue weighted by atomic mass is 9.93. The van der Waals surface area contributed by atoms with Gasteiger partial charge in [-0.1, -0.05) is 23.6 Å². The summed E-state index contributed by atoms with van der Waals surface area (Å²) in [6.45, 7) is 1.94. The summed E-state index contributed by atoms with van der Waals surface area (Å²) in [6, 6.07) is 7.42. The van der Waals surface area contributed by atoms with Crippen LogP contribution in [0.15, 0.2) is 42.5 Å². The molecule has 1 fully saturated rings. The van der Waals surface area contributed by atoms with E-state index in [0.717, 1.165) is 12.1 Å². The standard InChI is InChI=1S/C37H33ClF6N8O4S/c1-36(2,54)10-9-20-5-6-21(22-7-8-25(38)29-32(22)51(4)49-35(29)50-57(55,56)45-3)30(46-20)26(13-17-11-18(39)14-19(40)12-17)47-27(53)16-52-33-28(31(48-52)34(41)42)23-15-24(23)37(33,43)44/h5-8,11-12,14,23-24,26,34,45,54H,13,15-16H2,1-4H3,(H,47,53)(H,49,50)/t23?,24-,26+/m1/s1. The highest BCUT2D eigenvalue weighted by molar-refractivity contribution is 7.90. The molecular weight excluding hydrogens is 802 g/mol. The molecule has 3 aromatic heterocycles. The van der Waals surface area contributed by atoms with Gasteiger partial charge in [-0.2, -0.15) is 27.4 Å². The average molecular weight is 835 g/mol. The summed E-state index contributed by atoms with van der Waals surface area (Å²) in [5.41, 5.74) is -2.32. The van der Waals surface area contributed by atoms with E-state index in [0.29, 0.717) is 16.3 Å². The van der Waals surface area contributed by atoms with Crippen molar-refractivity contribution >= 4 is 44.4 Å². The Labute approximate surface area is 326 Å². The number of hydrogen-bond donors (Lipinski definition) is 4. The van der Waals surface area contributed by atoms with Crippen molar-refractivity contribution in [2.45, 2.75) is 63.1 Å². The number of rotatable bonds is 11. The monoisotopic (exact) mass is 834 g/mol. The number of carbonyl (C=O) groups is 1. The highest BCUT2D eigenvalue weighted by atomic mass is 35.5. The number of pyridine rings is 1. The molecular formula is C37H33ClF6N8O4S. The van der Waals surface area contributed by atoms with Gasteiger partial charge >= 0.3 is 0 Å². The van der Waals surface area contributed by atoms with Crippen molar-refractivity contribution in [3.05, 3.63) is 93.0 Å². The number of benzene rings is 2. The second-order valence-corrected chi connectivity index (χ2v) is 16.3. The molecule has 2 aromatic carbocycles. The molecule has 1 saturated carbocycles. The number of carbonyl (C=O) groups excluding carboxylic acids is 1. The van der Waals surface area contributed by atoms with Gasteiger partial charge in [0.05, 0.1) is 27.7 Å². The molecule has 0 saturated heterocycles. The summed E-state index contributed by atoms with van der Waals surface area (Å²) >= 11 is 6.59. The third-order valence-electron chi connectivity index (χ3n) is 9.64. The smallest absolute Gasteiger partial charge is 0.300 e. The van der Waals surface area contributed by atoms with Crippen LogP contribution < -0.4 is 14.8 Å². The van der Waals surface area contributed by atoms with E-state index in [9.17, 15) is 35.9 Å². The topological polar surface area (TPSA) is 156 Å². The van der Waals surface area contributed by atoms with Crippen LogP contribution in [0.5, 0.6) is 0 Å². The van der Waals surface area contributed by atoms with Crippen LogP contribution in [0.2, 0.25) is 5.02 Å². The molecule has 2 aliphatic rings. The minimum absolute atomic E-state index is 0.0164. The van der Waals surface area contributed by atoms with Gasteiger partial charge in [0, 0.05) is 42.8 Å². The highest BCUT2D eigenvalue weighted by Crippen LogP contribution is 2.68. The minimum atomic E-state index is -4.07. The summed E-state index contributed by atoms with van der Waals surface area (Å²) < 4.78 is 119. The number of anilines is 1. The molecule has 57 heavy (non-hydrogen) atoms. The van der Waals surface area contributed by atoms with Gasteiger partial charge < -0.3 is 10.4 Å². The van der Waals surface area contributed by atoms with Crippen LogP contribution in [-0.4, -0.2) is 56.6 Å². The number of hydrogen-bond acceptors (Lipinski definition) is 7. The Morgan fingerprint density at radius 2 is 1.77 bits per heavy atom. The van der Waals surface area contributed by atoms with Crippen LogP contribution in [0.25, 0.3) is 22.0 Å². The zero-order valence-corrected chi connectivity index (χ0v) is 32.0. The Kier molecular flexibility index (Phi) is 10.1. The van der Waals surface area contributed by atoms with Gasteiger partial charge in [0.2, 0.25) is 5.91 Å². The van der Waals surface area contributed by atoms with Crippen molar-refractivity contribution < 1.29 is 44.7 Å². The highest BCUT2D eigenvalue weighted by Gasteiger charge is 2.67. The lowest BCUT2D eigenvalue weighted by Gasteiger charge is -2.23. The van der Waals surface area contributed by atoms with Gasteiger partial charge in [-0.25, -0.2) is 27.3 Å². The summed E-state index contributed by atoms with van der Waals surface area (Å²) in [6.07, 6.45) is -3.51.